The van der Waals surface area contributed by atoms with Gasteiger partial charge >= 0.3 is 6.18 Å². The first kappa shape index (κ1) is 18.4. The van der Waals surface area contributed by atoms with Gasteiger partial charge in [-0.1, -0.05) is 6.58 Å². The summed E-state index contributed by atoms with van der Waals surface area (Å²) in [5, 5.41) is 7.62. The molecule has 0 bridgehead atoms. The van der Waals surface area contributed by atoms with E-state index in [0.717, 1.165) is 25.0 Å². The van der Waals surface area contributed by atoms with Crippen LogP contribution in [0.15, 0.2) is 37.0 Å². The van der Waals surface area contributed by atoms with Crippen molar-refractivity contribution in [1.82, 2.24) is 14.6 Å². The molecule has 4 rings (SSSR count). The van der Waals surface area contributed by atoms with E-state index in [2.05, 4.69) is 16.8 Å². The molecule has 1 aliphatic rings. The van der Waals surface area contributed by atoms with E-state index in [-0.39, 0.29) is 5.65 Å². The Labute approximate surface area is 156 Å². The molecule has 28 heavy (non-hydrogen) atoms. The number of alkyl halides is 3. The lowest BCUT2D eigenvalue weighted by Crippen LogP contribution is -2.13. The van der Waals surface area contributed by atoms with Crippen LogP contribution >= 0.6 is 0 Å². The van der Waals surface area contributed by atoms with E-state index in [4.69, 9.17) is 4.74 Å². The number of halogens is 5. The molecule has 0 N–H and O–H groups in total. The van der Waals surface area contributed by atoms with Gasteiger partial charge in [-0.3, -0.25) is 4.40 Å². The second-order valence-corrected chi connectivity index (χ2v) is 6.66. The molecule has 0 unspecified atom stereocenters. The van der Waals surface area contributed by atoms with Crippen molar-refractivity contribution in [2.45, 2.75) is 25.4 Å². The summed E-state index contributed by atoms with van der Waals surface area (Å²) in [6.07, 6.45) is -0.765. The van der Waals surface area contributed by atoms with Crippen LogP contribution in [0.2, 0.25) is 0 Å². The molecular weight excluding hydrogens is 381 g/mol. The summed E-state index contributed by atoms with van der Waals surface area (Å²) in [5.41, 5.74) is -1.84. The minimum Gasteiger partial charge on any atom is -0.454 e. The lowest BCUT2D eigenvalue weighted by Gasteiger charge is -2.16. The summed E-state index contributed by atoms with van der Waals surface area (Å²) in [6.45, 7) is 3.49. The topological polar surface area (TPSA) is 39.4 Å². The molecule has 1 aromatic carbocycles. The van der Waals surface area contributed by atoms with Crippen LogP contribution < -0.4 is 4.74 Å². The summed E-state index contributed by atoms with van der Waals surface area (Å²) >= 11 is 0. The zero-order valence-corrected chi connectivity index (χ0v) is 14.4. The Hall–Kier alpha value is -2.97. The van der Waals surface area contributed by atoms with Crippen LogP contribution in [-0.4, -0.2) is 14.6 Å². The highest BCUT2D eigenvalue weighted by Gasteiger charge is 2.39. The number of nitrogens with zero attached hydrogens (tertiary/aromatic N) is 3. The van der Waals surface area contributed by atoms with Gasteiger partial charge in [0.15, 0.2) is 17.2 Å². The second kappa shape index (κ2) is 6.57. The molecule has 0 aliphatic heterocycles. The fourth-order valence-electron chi connectivity index (χ4n) is 2.98. The Morgan fingerprint density at radius 2 is 1.93 bits per heavy atom. The Morgan fingerprint density at radius 1 is 1.18 bits per heavy atom. The van der Waals surface area contributed by atoms with Crippen LogP contribution in [0, 0.1) is 17.6 Å². The summed E-state index contributed by atoms with van der Waals surface area (Å²) in [7, 11) is 0. The SMILES string of the molecule is C=C(Oc1ccc(F)cc1F)c1ccn2c(CC3CC3)nnc2c1C(F)(F)F. The van der Waals surface area contributed by atoms with E-state index in [1.807, 2.05) is 0 Å². The average Bonchev–Trinajstić information content (AvgIpc) is 3.34. The second-order valence-electron chi connectivity index (χ2n) is 6.66. The molecule has 0 atom stereocenters. The van der Waals surface area contributed by atoms with Gasteiger partial charge in [0.1, 0.15) is 23.0 Å². The monoisotopic (exact) mass is 395 g/mol. The molecule has 0 spiro atoms. The lowest BCUT2D eigenvalue weighted by atomic mass is 10.1. The van der Waals surface area contributed by atoms with Gasteiger partial charge in [-0.25, -0.2) is 8.78 Å². The highest BCUT2D eigenvalue weighted by atomic mass is 19.4. The predicted octanol–water partition coefficient (Wildman–Crippen LogP) is 5.03. The molecule has 4 nitrogen and oxygen atoms in total. The maximum absolute atomic E-state index is 13.8. The quantitative estimate of drug-likeness (QED) is 0.449. The van der Waals surface area contributed by atoms with Gasteiger partial charge in [0.25, 0.3) is 0 Å². The normalized spacial score (nSPS) is 14.5. The Kier molecular flexibility index (Phi) is 4.32. The highest BCUT2D eigenvalue weighted by Crippen LogP contribution is 2.39. The van der Waals surface area contributed by atoms with Crippen molar-refractivity contribution in [3.63, 3.8) is 0 Å². The number of rotatable bonds is 5. The summed E-state index contributed by atoms with van der Waals surface area (Å²) < 4.78 is 74.6. The van der Waals surface area contributed by atoms with Gasteiger partial charge < -0.3 is 4.74 Å². The number of aromatic nitrogens is 3. The van der Waals surface area contributed by atoms with Crippen molar-refractivity contribution in [2.24, 2.45) is 5.92 Å². The Balaban J connectivity index is 1.76. The van der Waals surface area contributed by atoms with Gasteiger partial charge in [0, 0.05) is 24.2 Å². The van der Waals surface area contributed by atoms with Crippen molar-refractivity contribution < 1.29 is 26.7 Å². The van der Waals surface area contributed by atoms with E-state index in [1.165, 1.54) is 16.7 Å². The van der Waals surface area contributed by atoms with Crippen molar-refractivity contribution >= 4 is 11.4 Å². The molecule has 1 fully saturated rings. The predicted molar refractivity (Wildman–Crippen MR) is 90.4 cm³/mol. The van der Waals surface area contributed by atoms with Gasteiger partial charge in [-0.05, 0) is 37.0 Å². The van der Waals surface area contributed by atoms with Gasteiger partial charge in [0.05, 0.1) is 0 Å². The molecule has 146 valence electrons. The number of hydrogen-bond acceptors (Lipinski definition) is 3. The fraction of sp³-hybridized carbons (Fsp3) is 0.263. The minimum atomic E-state index is -4.77. The zero-order valence-electron chi connectivity index (χ0n) is 14.4. The molecule has 0 amide bonds. The van der Waals surface area contributed by atoms with E-state index in [0.29, 0.717) is 24.2 Å². The van der Waals surface area contributed by atoms with Crippen LogP contribution in [0.5, 0.6) is 5.75 Å². The number of pyridine rings is 1. The first-order valence-corrected chi connectivity index (χ1v) is 8.50. The van der Waals surface area contributed by atoms with Gasteiger partial charge in [0.2, 0.25) is 0 Å². The van der Waals surface area contributed by atoms with Crippen molar-refractivity contribution in [2.75, 3.05) is 0 Å². The molecule has 9 heteroatoms. The Morgan fingerprint density at radius 3 is 2.57 bits per heavy atom. The molecule has 0 radical (unpaired) electrons. The largest absolute Gasteiger partial charge is 0.454 e. The van der Waals surface area contributed by atoms with E-state index >= 15 is 0 Å². The molecule has 3 aromatic rings. The number of ether oxygens (including phenoxy) is 1. The lowest BCUT2D eigenvalue weighted by molar-refractivity contribution is -0.137. The van der Waals surface area contributed by atoms with Crippen LogP contribution in [0.3, 0.4) is 0 Å². The van der Waals surface area contributed by atoms with Gasteiger partial charge in [-0.15, -0.1) is 10.2 Å². The third-order valence-corrected chi connectivity index (χ3v) is 4.53. The van der Waals surface area contributed by atoms with Crippen LogP contribution in [0.4, 0.5) is 22.0 Å². The summed E-state index contributed by atoms with van der Waals surface area (Å²) in [6, 6.07) is 3.66. The third kappa shape index (κ3) is 3.44. The first-order chi connectivity index (χ1) is 13.2. The molecule has 2 aromatic heterocycles. The molecule has 1 aliphatic carbocycles. The van der Waals surface area contributed by atoms with Crippen molar-refractivity contribution in [3.8, 4) is 5.75 Å². The van der Waals surface area contributed by atoms with E-state index < -0.39 is 40.4 Å². The molecule has 2 heterocycles. The maximum Gasteiger partial charge on any atom is 0.420 e. The standard InChI is InChI=1S/C19H14F5N3O/c1-10(28-15-5-4-12(20)9-14(15)21)13-6-7-27-16(8-11-2-3-11)25-26-18(27)17(13)19(22,23)24/h4-7,9,11H,1-3,8H2. The number of fused-ring (bicyclic) bond motifs is 1. The first-order valence-electron chi connectivity index (χ1n) is 8.50. The average molecular weight is 395 g/mol. The van der Waals surface area contributed by atoms with E-state index in [1.54, 1.807) is 0 Å². The van der Waals surface area contributed by atoms with Crippen molar-refractivity contribution in [3.05, 3.63) is 65.6 Å². The smallest absolute Gasteiger partial charge is 0.420 e. The summed E-state index contributed by atoms with van der Waals surface area (Å²) in [4.78, 5) is 0. The van der Waals surface area contributed by atoms with Crippen LogP contribution in [0.25, 0.3) is 11.4 Å². The maximum atomic E-state index is 13.8. The third-order valence-electron chi connectivity index (χ3n) is 4.53. The fourth-order valence-corrected chi connectivity index (χ4v) is 2.98. The number of hydrogen-bond donors (Lipinski definition) is 0. The van der Waals surface area contributed by atoms with Gasteiger partial charge in [-0.2, -0.15) is 13.2 Å². The number of benzene rings is 1. The zero-order chi connectivity index (χ0) is 20.1. The summed E-state index contributed by atoms with van der Waals surface area (Å²) in [5.74, 6) is -1.89. The highest BCUT2D eigenvalue weighted by molar-refractivity contribution is 5.70. The minimum absolute atomic E-state index is 0.370. The molecule has 0 saturated heterocycles. The molecule has 1 saturated carbocycles. The van der Waals surface area contributed by atoms with Crippen LogP contribution in [0.1, 0.15) is 29.8 Å². The molecular formula is C19H14F5N3O. The van der Waals surface area contributed by atoms with Crippen LogP contribution in [-0.2, 0) is 12.6 Å². The Bertz CT molecular complexity index is 1070. The van der Waals surface area contributed by atoms with E-state index in [9.17, 15) is 22.0 Å². The van der Waals surface area contributed by atoms with Crippen molar-refractivity contribution in [1.29, 1.82) is 0 Å².